The molecule has 2 heteroatoms. The first-order valence-corrected chi connectivity index (χ1v) is 12.2. The highest BCUT2D eigenvalue weighted by Crippen LogP contribution is 2.35. The van der Waals surface area contributed by atoms with Gasteiger partial charge >= 0.3 is 0 Å². The third-order valence-corrected chi connectivity index (χ3v) is 10.0. The lowest BCUT2D eigenvalue weighted by Crippen LogP contribution is -2.40. The van der Waals surface area contributed by atoms with E-state index in [2.05, 4.69) is 71.1 Å². The molecule has 92 valence electrons. The molecule has 0 aromatic rings. The summed E-state index contributed by atoms with van der Waals surface area (Å²) in [6.45, 7) is 20.3. The lowest BCUT2D eigenvalue weighted by molar-refractivity contribution is 0.909. The molecule has 0 aromatic carbocycles. The standard InChI is InChI=1S/C14H28Si2/c1-9-10-16(13(2)3,14(4)5)12-11-15(6,7)8/h9,13-14H,1,10H2,2-8H3. The van der Waals surface area contributed by atoms with Gasteiger partial charge in [-0.1, -0.05) is 53.4 Å². The van der Waals surface area contributed by atoms with Crippen molar-refractivity contribution < 1.29 is 0 Å². The Bertz CT molecular complexity index is 276. The van der Waals surface area contributed by atoms with E-state index in [1.165, 1.54) is 0 Å². The van der Waals surface area contributed by atoms with Crippen molar-refractivity contribution in [1.82, 2.24) is 0 Å². The highest BCUT2D eigenvalue weighted by atomic mass is 28.3. The Morgan fingerprint density at radius 1 is 1.00 bits per heavy atom. The van der Waals surface area contributed by atoms with Gasteiger partial charge in [-0.25, -0.2) is 0 Å². The normalized spacial score (nSPS) is 12.6. The van der Waals surface area contributed by atoms with Gasteiger partial charge in [-0.05, 0) is 17.1 Å². The maximum Gasteiger partial charge on any atom is 0.146 e. The molecule has 0 spiro atoms. The minimum atomic E-state index is -1.50. The third kappa shape index (κ3) is 4.31. The molecule has 0 aliphatic carbocycles. The van der Waals surface area contributed by atoms with Gasteiger partial charge in [-0.2, -0.15) is 0 Å². The molecule has 0 nitrogen and oxygen atoms in total. The van der Waals surface area contributed by atoms with Crippen LogP contribution in [0, 0.1) is 11.1 Å². The fourth-order valence-corrected chi connectivity index (χ4v) is 7.88. The van der Waals surface area contributed by atoms with Crippen LogP contribution in [-0.2, 0) is 0 Å². The SMILES string of the molecule is C=CC[Si](C#C[Si](C)(C)C)(C(C)C)C(C)C. The van der Waals surface area contributed by atoms with E-state index >= 15 is 0 Å². The summed E-state index contributed by atoms with van der Waals surface area (Å²) >= 11 is 0. The zero-order valence-electron chi connectivity index (χ0n) is 12.1. The van der Waals surface area contributed by atoms with Gasteiger partial charge in [0.2, 0.25) is 0 Å². The predicted molar refractivity (Wildman–Crippen MR) is 82.1 cm³/mol. The molecule has 0 saturated carbocycles. The number of hydrogen-bond donors (Lipinski definition) is 0. The maximum atomic E-state index is 3.93. The van der Waals surface area contributed by atoms with Gasteiger partial charge in [-0.3, -0.25) is 0 Å². The van der Waals surface area contributed by atoms with Gasteiger partial charge in [0.1, 0.15) is 16.1 Å². The quantitative estimate of drug-likeness (QED) is 0.381. The molecule has 16 heavy (non-hydrogen) atoms. The van der Waals surface area contributed by atoms with Crippen LogP contribution >= 0.6 is 0 Å². The van der Waals surface area contributed by atoms with Crippen LogP contribution in [0.4, 0.5) is 0 Å². The van der Waals surface area contributed by atoms with Crippen LogP contribution in [0.25, 0.3) is 0 Å². The number of rotatable bonds is 4. The van der Waals surface area contributed by atoms with Crippen LogP contribution in [-0.4, -0.2) is 16.1 Å². The second-order valence-corrected chi connectivity index (χ2v) is 16.1. The first-order valence-electron chi connectivity index (χ1n) is 6.31. The van der Waals surface area contributed by atoms with Crippen molar-refractivity contribution in [1.29, 1.82) is 0 Å². The average molecular weight is 253 g/mol. The summed E-state index contributed by atoms with van der Waals surface area (Å²) in [5, 5.41) is 0. The van der Waals surface area contributed by atoms with E-state index in [0.717, 1.165) is 6.04 Å². The Hall–Kier alpha value is -0.266. The summed E-state index contributed by atoms with van der Waals surface area (Å²) in [4.78, 5) is 0. The summed E-state index contributed by atoms with van der Waals surface area (Å²) < 4.78 is 0. The molecule has 0 rings (SSSR count). The Balaban J connectivity index is 5.33. The second kappa shape index (κ2) is 5.88. The van der Waals surface area contributed by atoms with Crippen LogP contribution in [0.2, 0.25) is 36.8 Å². The van der Waals surface area contributed by atoms with E-state index in [1.807, 2.05) is 0 Å². The molecule has 0 saturated heterocycles. The fourth-order valence-electron chi connectivity index (χ4n) is 2.02. The second-order valence-electron chi connectivity index (χ2n) is 6.34. The summed E-state index contributed by atoms with van der Waals surface area (Å²) in [6, 6.07) is 1.14. The molecule has 0 fully saturated rings. The lowest BCUT2D eigenvalue weighted by Gasteiger charge is -2.33. The monoisotopic (exact) mass is 252 g/mol. The molecule has 0 unspecified atom stereocenters. The van der Waals surface area contributed by atoms with Crippen molar-refractivity contribution in [3.8, 4) is 11.1 Å². The van der Waals surface area contributed by atoms with Gasteiger partial charge in [0, 0.05) is 0 Å². The molecule has 0 aliphatic heterocycles. The van der Waals surface area contributed by atoms with Crippen LogP contribution in [0.5, 0.6) is 0 Å². The van der Waals surface area contributed by atoms with E-state index in [4.69, 9.17) is 0 Å². The van der Waals surface area contributed by atoms with Crippen molar-refractivity contribution in [2.24, 2.45) is 0 Å². The van der Waals surface area contributed by atoms with E-state index < -0.39 is 16.1 Å². The summed E-state index contributed by atoms with van der Waals surface area (Å²) in [5.41, 5.74) is 8.80. The molecular weight excluding hydrogens is 224 g/mol. The van der Waals surface area contributed by atoms with Crippen LogP contribution in [0.1, 0.15) is 27.7 Å². The van der Waals surface area contributed by atoms with Crippen LogP contribution < -0.4 is 0 Å². The van der Waals surface area contributed by atoms with E-state index in [9.17, 15) is 0 Å². The molecule has 0 N–H and O–H groups in total. The molecule has 0 atom stereocenters. The topological polar surface area (TPSA) is 0 Å². The minimum absolute atomic E-state index is 0.717. The Kier molecular flexibility index (Phi) is 5.79. The van der Waals surface area contributed by atoms with Crippen LogP contribution in [0.3, 0.4) is 0 Å². The molecule has 0 aliphatic rings. The largest absolute Gasteiger partial charge is 0.146 e. The number of allylic oxidation sites excluding steroid dienone is 1. The fraction of sp³-hybridized carbons (Fsp3) is 0.714. The van der Waals surface area contributed by atoms with Gasteiger partial charge in [0.25, 0.3) is 0 Å². The summed E-state index contributed by atoms with van der Waals surface area (Å²) in [6.07, 6.45) is 2.09. The Morgan fingerprint density at radius 2 is 1.44 bits per heavy atom. The Labute approximate surface area is 105 Å². The van der Waals surface area contributed by atoms with Crippen molar-refractivity contribution >= 4 is 16.1 Å². The van der Waals surface area contributed by atoms with Crippen molar-refractivity contribution in [3.05, 3.63) is 12.7 Å². The predicted octanol–water partition coefficient (Wildman–Crippen LogP) is 4.86. The average Bonchev–Trinajstić information content (AvgIpc) is 2.09. The molecule has 0 radical (unpaired) electrons. The molecule has 0 bridgehead atoms. The maximum absolute atomic E-state index is 3.93. The van der Waals surface area contributed by atoms with E-state index in [-0.39, 0.29) is 0 Å². The summed E-state index contributed by atoms with van der Waals surface area (Å²) in [7, 11) is -2.75. The van der Waals surface area contributed by atoms with Gasteiger partial charge in [0.05, 0.1) is 0 Å². The first-order chi connectivity index (χ1) is 7.15. The zero-order chi connectivity index (χ0) is 13.0. The Morgan fingerprint density at radius 3 is 1.69 bits per heavy atom. The number of hydrogen-bond acceptors (Lipinski definition) is 0. The van der Waals surface area contributed by atoms with Crippen molar-refractivity contribution in [3.63, 3.8) is 0 Å². The van der Waals surface area contributed by atoms with Crippen molar-refractivity contribution in [2.45, 2.75) is 64.5 Å². The van der Waals surface area contributed by atoms with Gasteiger partial charge in [-0.15, -0.1) is 17.7 Å². The van der Waals surface area contributed by atoms with Crippen molar-refractivity contribution in [2.75, 3.05) is 0 Å². The zero-order valence-corrected chi connectivity index (χ0v) is 14.1. The third-order valence-electron chi connectivity index (χ3n) is 3.21. The van der Waals surface area contributed by atoms with Gasteiger partial charge < -0.3 is 0 Å². The highest BCUT2D eigenvalue weighted by molar-refractivity contribution is 6.92. The van der Waals surface area contributed by atoms with E-state index in [1.54, 1.807) is 0 Å². The lowest BCUT2D eigenvalue weighted by atomic mass is 10.5. The highest BCUT2D eigenvalue weighted by Gasteiger charge is 2.37. The molecule has 0 heterocycles. The molecule has 0 amide bonds. The smallest absolute Gasteiger partial charge is 0.139 e. The molecular formula is C14H28Si2. The van der Waals surface area contributed by atoms with E-state index in [0.29, 0.717) is 11.1 Å². The summed E-state index contributed by atoms with van der Waals surface area (Å²) in [5.74, 6) is 0. The minimum Gasteiger partial charge on any atom is -0.139 e. The first kappa shape index (κ1) is 15.7. The van der Waals surface area contributed by atoms with Crippen LogP contribution in [0.15, 0.2) is 12.7 Å². The van der Waals surface area contributed by atoms with Gasteiger partial charge in [0.15, 0.2) is 0 Å². The molecule has 0 aromatic heterocycles.